The molecule has 0 unspecified atom stereocenters. The third-order valence-corrected chi connectivity index (χ3v) is 3.20. The number of hydrogen-bond acceptors (Lipinski definition) is 3. The van der Waals surface area contributed by atoms with Crippen LogP contribution < -0.4 is 4.74 Å². The lowest BCUT2D eigenvalue weighted by Gasteiger charge is -2.08. The van der Waals surface area contributed by atoms with E-state index in [1.807, 2.05) is 24.3 Å². The van der Waals surface area contributed by atoms with Gasteiger partial charge in [-0.3, -0.25) is 0 Å². The number of nitrogens with zero attached hydrogens (tertiary/aromatic N) is 2. The Morgan fingerprint density at radius 1 is 0.850 bits per heavy atom. The minimum absolute atomic E-state index is 0.117. The maximum Gasteiger partial charge on any atom is 0.231 e. The van der Waals surface area contributed by atoms with E-state index in [4.69, 9.17) is 39.5 Å². The number of benzene rings is 2. The summed E-state index contributed by atoms with van der Waals surface area (Å²) < 4.78 is 5.73. The van der Waals surface area contributed by atoms with Gasteiger partial charge in [0.25, 0.3) is 0 Å². The Hall–Kier alpha value is -1.55. The highest BCUT2D eigenvalue weighted by Crippen LogP contribution is 2.31. The van der Waals surface area contributed by atoms with Crippen LogP contribution >= 0.6 is 34.8 Å². The monoisotopic (exact) mass is 324 g/mol. The first-order chi connectivity index (χ1) is 9.61. The second-order valence-corrected chi connectivity index (χ2v) is 5.23. The molecule has 100 valence electrons. The second-order valence-electron chi connectivity index (χ2n) is 4.02. The normalized spacial score (nSPS) is 10.8. The van der Waals surface area contributed by atoms with E-state index in [1.54, 1.807) is 18.2 Å². The molecule has 3 rings (SSSR count). The van der Waals surface area contributed by atoms with Crippen LogP contribution in [0, 0.1) is 0 Å². The van der Waals surface area contributed by atoms with Crippen LogP contribution in [-0.2, 0) is 0 Å². The van der Waals surface area contributed by atoms with E-state index < -0.39 is 0 Å². The van der Waals surface area contributed by atoms with Crippen LogP contribution in [0.25, 0.3) is 10.9 Å². The Morgan fingerprint density at radius 2 is 1.55 bits per heavy atom. The molecule has 1 aromatic heterocycles. The molecule has 20 heavy (non-hydrogen) atoms. The Kier molecular flexibility index (Phi) is 3.66. The molecule has 0 aliphatic rings. The van der Waals surface area contributed by atoms with Gasteiger partial charge in [-0.05, 0) is 41.9 Å². The van der Waals surface area contributed by atoms with E-state index in [-0.39, 0.29) is 5.28 Å². The molecule has 0 bridgehead atoms. The van der Waals surface area contributed by atoms with Crippen LogP contribution in [0.5, 0.6) is 11.6 Å². The summed E-state index contributed by atoms with van der Waals surface area (Å²) in [5.41, 5.74) is 0.704. The van der Waals surface area contributed by atoms with Crippen molar-refractivity contribution in [2.45, 2.75) is 0 Å². The van der Waals surface area contributed by atoms with Crippen molar-refractivity contribution < 1.29 is 4.74 Å². The summed E-state index contributed by atoms with van der Waals surface area (Å²) in [6.45, 7) is 0. The van der Waals surface area contributed by atoms with Crippen LogP contribution in [-0.4, -0.2) is 9.97 Å². The van der Waals surface area contributed by atoms with Gasteiger partial charge in [-0.2, -0.15) is 4.98 Å². The summed E-state index contributed by atoms with van der Waals surface area (Å²) >= 11 is 17.8. The molecule has 0 spiro atoms. The SMILES string of the molecule is Clc1cc(Cl)cc(Oc2nc(Cl)nc3ccccc23)c1. The first-order valence-corrected chi connectivity index (χ1v) is 6.81. The third kappa shape index (κ3) is 2.80. The van der Waals surface area contributed by atoms with Gasteiger partial charge < -0.3 is 4.74 Å². The van der Waals surface area contributed by atoms with Gasteiger partial charge in [0.05, 0.1) is 10.9 Å². The van der Waals surface area contributed by atoms with Crippen LogP contribution in [0.2, 0.25) is 15.3 Å². The van der Waals surface area contributed by atoms with Gasteiger partial charge in [0.15, 0.2) is 0 Å². The van der Waals surface area contributed by atoms with Crippen LogP contribution in [0.15, 0.2) is 42.5 Å². The van der Waals surface area contributed by atoms with Crippen molar-refractivity contribution in [2.24, 2.45) is 0 Å². The minimum Gasteiger partial charge on any atom is -0.438 e. The number of para-hydroxylation sites is 1. The van der Waals surface area contributed by atoms with Gasteiger partial charge in [-0.1, -0.05) is 35.3 Å². The Bertz CT molecular complexity index is 772. The molecule has 0 fully saturated rings. The lowest BCUT2D eigenvalue weighted by molar-refractivity contribution is 0.468. The quantitative estimate of drug-likeness (QED) is 0.593. The van der Waals surface area contributed by atoms with Crippen molar-refractivity contribution in [1.82, 2.24) is 9.97 Å². The minimum atomic E-state index is 0.117. The first kappa shape index (κ1) is 13.4. The predicted octanol–water partition coefficient (Wildman–Crippen LogP) is 5.38. The zero-order valence-corrected chi connectivity index (χ0v) is 12.2. The standard InChI is InChI=1S/C14H7Cl3N2O/c15-8-5-9(16)7-10(6-8)20-13-11-3-1-2-4-12(11)18-14(17)19-13/h1-7H. The van der Waals surface area contributed by atoms with Crippen LogP contribution in [0.3, 0.4) is 0 Å². The second kappa shape index (κ2) is 5.44. The zero-order valence-electron chi connectivity index (χ0n) is 9.98. The summed E-state index contributed by atoms with van der Waals surface area (Å²) in [6.07, 6.45) is 0. The lowest BCUT2D eigenvalue weighted by Crippen LogP contribution is -1.93. The van der Waals surface area contributed by atoms with Crippen LogP contribution in [0.4, 0.5) is 0 Å². The molecular weight excluding hydrogens is 319 g/mol. The number of fused-ring (bicyclic) bond motifs is 1. The number of aromatic nitrogens is 2. The lowest BCUT2D eigenvalue weighted by atomic mass is 10.2. The molecule has 0 amide bonds. The zero-order chi connectivity index (χ0) is 14.1. The maximum absolute atomic E-state index is 5.94. The first-order valence-electron chi connectivity index (χ1n) is 5.68. The highest BCUT2D eigenvalue weighted by molar-refractivity contribution is 6.34. The Balaban J connectivity index is 2.10. The summed E-state index contributed by atoms with van der Waals surface area (Å²) in [5, 5.41) is 1.84. The van der Waals surface area contributed by atoms with Crippen molar-refractivity contribution in [3.63, 3.8) is 0 Å². The Labute approximate surface area is 130 Å². The van der Waals surface area contributed by atoms with Crippen molar-refractivity contribution in [3.05, 3.63) is 57.8 Å². The molecule has 1 heterocycles. The number of halogens is 3. The van der Waals surface area contributed by atoms with E-state index >= 15 is 0 Å². The molecular formula is C14H7Cl3N2O. The number of hydrogen-bond donors (Lipinski definition) is 0. The van der Waals surface area contributed by atoms with Crippen LogP contribution in [0.1, 0.15) is 0 Å². The van der Waals surface area contributed by atoms with Gasteiger partial charge in [-0.25, -0.2) is 4.98 Å². The molecule has 0 aliphatic carbocycles. The van der Waals surface area contributed by atoms with Gasteiger partial charge >= 0.3 is 0 Å². The summed E-state index contributed by atoms with van der Waals surface area (Å²) in [7, 11) is 0. The van der Waals surface area contributed by atoms with E-state index in [1.165, 1.54) is 0 Å². The molecule has 0 radical (unpaired) electrons. The molecule has 6 heteroatoms. The van der Waals surface area contributed by atoms with Crippen molar-refractivity contribution in [1.29, 1.82) is 0 Å². The van der Waals surface area contributed by atoms with Gasteiger partial charge in [0.2, 0.25) is 11.2 Å². The Morgan fingerprint density at radius 3 is 2.30 bits per heavy atom. The maximum atomic E-state index is 5.94. The molecule has 3 aromatic rings. The summed E-state index contributed by atoms with van der Waals surface area (Å²) in [6, 6.07) is 12.4. The fourth-order valence-corrected chi connectivity index (χ4v) is 2.47. The van der Waals surface area contributed by atoms with Gasteiger partial charge in [0, 0.05) is 10.0 Å². The predicted molar refractivity (Wildman–Crippen MR) is 81.1 cm³/mol. The molecule has 2 aromatic carbocycles. The molecule has 0 aliphatic heterocycles. The van der Waals surface area contributed by atoms with Crippen molar-refractivity contribution >= 4 is 45.7 Å². The fourth-order valence-electron chi connectivity index (χ4n) is 1.80. The molecule has 0 saturated carbocycles. The average Bonchev–Trinajstić information content (AvgIpc) is 2.37. The highest BCUT2D eigenvalue weighted by Gasteiger charge is 2.09. The van der Waals surface area contributed by atoms with E-state index in [0.29, 0.717) is 27.2 Å². The molecule has 0 atom stereocenters. The third-order valence-electron chi connectivity index (χ3n) is 2.59. The summed E-state index contributed by atoms with van der Waals surface area (Å²) in [5.74, 6) is 0.848. The number of rotatable bonds is 2. The summed E-state index contributed by atoms with van der Waals surface area (Å²) in [4.78, 5) is 8.24. The van der Waals surface area contributed by atoms with Crippen molar-refractivity contribution in [2.75, 3.05) is 0 Å². The van der Waals surface area contributed by atoms with E-state index in [9.17, 15) is 0 Å². The van der Waals surface area contributed by atoms with Crippen molar-refractivity contribution in [3.8, 4) is 11.6 Å². The fraction of sp³-hybridized carbons (Fsp3) is 0. The van der Waals surface area contributed by atoms with E-state index in [0.717, 1.165) is 5.39 Å². The average molecular weight is 326 g/mol. The molecule has 0 N–H and O–H groups in total. The smallest absolute Gasteiger partial charge is 0.231 e. The molecule has 3 nitrogen and oxygen atoms in total. The molecule has 0 saturated heterocycles. The van der Waals surface area contributed by atoms with E-state index in [2.05, 4.69) is 9.97 Å². The van der Waals surface area contributed by atoms with Gasteiger partial charge in [0.1, 0.15) is 5.75 Å². The van der Waals surface area contributed by atoms with Gasteiger partial charge in [-0.15, -0.1) is 0 Å². The topological polar surface area (TPSA) is 35.0 Å². The number of ether oxygens (including phenoxy) is 1. The highest BCUT2D eigenvalue weighted by atomic mass is 35.5. The largest absolute Gasteiger partial charge is 0.438 e.